The molecule has 1 N–H and O–H groups in total. The molecule has 2 fully saturated rings. The van der Waals surface area contributed by atoms with Gasteiger partial charge < -0.3 is 19.2 Å². The first kappa shape index (κ1) is 16.6. The molecule has 0 saturated carbocycles. The number of nitrogens with zero attached hydrogens (tertiary/aromatic N) is 1. The lowest BCUT2D eigenvalue weighted by Gasteiger charge is -2.37. The van der Waals surface area contributed by atoms with Gasteiger partial charge in [0.15, 0.2) is 5.76 Å². The molecule has 6 heteroatoms. The predicted molar refractivity (Wildman–Crippen MR) is 93.7 cm³/mol. The first-order valence-corrected chi connectivity index (χ1v) is 8.97. The first-order chi connectivity index (χ1) is 12.3. The van der Waals surface area contributed by atoms with Gasteiger partial charge in [-0.2, -0.15) is 0 Å². The van der Waals surface area contributed by atoms with E-state index < -0.39 is 0 Å². The number of hydrogen-bond acceptors (Lipinski definition) is 5. The molecule has 0 aliphatic carbocycles. The van der Waals surface area contributed by atoms with Gasteiger partial charge in [-0.25, -0.2) is 0 Å². The van der Waals surface area contributed by atoms with Gasteiger partial charge in [-0.15, -0.1) is 0 Å². The van der Waals surface area contributed by atoms with E-state index in [0.29, 0.717) is 18.2 Å². The van der Waals surface area contributed by atoms with Crippen LogP contribution < -0.4 is 5.32 Å². The number of furan rings is 1. The molecule has 4 rings (SSSR count). The summed E-state index contributed by atoms with van der Waals surface area (Å²) in [6, 6.07) is 9.74. The summed E-state index contributed by atoms with van der Waals surface area (Å²) in [7, 11) is 0. The van der Waals surface area contributed by atoms with E-state index in [1.165, 1.54) is 0 Å². The topological polar surface area (TPSA) is 63.9 Å². The molecule has 25 heavy (non-hydrogen) atoms. The molecule has 3 heterocycles. The maximum absolute atomic E-state index is 12.5. The average Bonchev–Trinajstić information content (AvgIpc) is 3.32. The van der Waals surface area contributed by atoms with Crippen molar-refractivity contribution in [2.24, 2.45) is 5.92 Å². The Morgan fingerprint density at radius 1 is 1.20 bits per heavy atom. The van der Waals surface area contributed by atoms with E-state index in [4.69, 9.17) is 13.9 Å². The van der Waals surface area contributed by atoms with Crippen LogP contribution in [0.5, 0.6) is 0 Å². The second-order valence-electron chi connectivity index (χ2n) is 6.70. The number of hydrogen-bond donors (Lipinski definition) is 1. The van der Waals surface area contributed by atoms with Crippen molar-refractivity contribution in [3.63, 3.8) is 0 Å². The number of carbonyl (C=O) groups is 1. The third-order valence-corrected chi connectivity index (χ3v) is 5.14. The van der Waals surface area contributed by atoms with Crippen molar-refractivity contribution in [3.8, 4) is 0 Å². The summed E-state index contributed by atoms with van der Waals surface area (Å²) in [6.45, 7) is 5.49. The first-order valence-electron chi connectivity index (χ1n) is 8.97. The fraction of sp³-hybridized carbons (Fsp3) is 0.526. The summed E-state index contributed by atoms with van der Waals surface area (Å²) < 4.78 is 16.7. The third kappa shape index (κ3) is 3.71. The van der Waals surface area contributed by atoms with Gasteiger partial charge in [0.25, 0.3) is 5.91 Å². The molecule has 1 aromatic heterocycles. The zero-order valence-corrected chi connectivity index (χ0v) is 14.3. The van der Waals surface area contributed by atoms with Crippen LogP contribution in [0.2, 0.25) is 0 Å². The van der Waals surface area contributed by atoms with Gasteiger partial charge in [0.1, 0.15) is 5.58 Å². The van der Waals surface area contributed by atoms with Crippen molar-refractivity contribution in [1.29, 1.82) is 0 Å². The third-order valence-electron chi connectivity index (χ3n) is 5.14. The largest absolute Gasteiger partial charge is 0.451 e. The number of amides is 1. The Labute approximate surface area is 147 Å². The molecule has 0 radical (unpaired) electrons. The van der Waals surface area contributed by atoms with Gasteiger partial charge >= 0.3 is 0 Å². The molecule has 2 saturated heterocycles. The second-order valence-corrected chi connectivity index (χ2v) is 6.70. The van der Waals surface area contributed by atoms with Crippen LogP contribution in [0.1, 0.15) is 17.0 Å². The van der Waals surface area contributed by atoms with Crippen LogP contribution in [0.3, 0.4) is 0 Å². The fourth-order valence-electron chi connectivity index (χ4n) is 3.74. The van der Waals surface area contributed by atoms with Gasteiger partial charge in [-0.3, -0.25) is 9.69 Å². The van der Waals surface area contributed by atoms with Crippen molar-refractivity contribution in [2.45, 2.75) is 12.5 Å². The summed E-state index contributed by atoms with van der Waals surface area (Å²) in [5, 5.41) is 4.01. The Hall–Kier alpha value is -1.89. The molecule has 2 aliphatic heterocycles. The molecule has 1 aromatic carbocycles. The van der Waals surface area contributed by atoms with E-state index in [1.54, 1.807) is 6.07 Å². The number of carbonyl (C=O) groups excluding carboxylic acids is 1. The minimum absolute atomic E-state index is 0.159. The quantitative estimate of drug-likeness (QED) is 0.897. The van der Waals surface area contributed by atoms with E-state index in [9.17, 15) is 4.79 Å². The van der Waals surface area contributed by atoms with Crippen molar-refractivity contribution in [3.05, 3.63) is 36.1 Å². The van der Waals surface area contributed by atoms with Gasteiger partial charge in [-0.05, 0) is 18.6 Å². The van der Waals surface area contributed by atoms with Crippen LogP contribution >= 0.6 is 0 Å². The van der Waals surface area contributed by atoms with Gasteiger partial charge in [0, 0.05) is 43.6 Å². The lowest BCUT2D eigenvalue weighted by molar-refractivity contribution is 0.00160. The molecule has 0 spiro atoms. The van der Waals surface area contributed by atoms with Gasteiger partial charge in [0.2, 0.25) is 0 Å². The molecular weight excluding hydrogens is 320 g/mol. The normalized spacial score (nSPS) is 23.0. The lowest BCUT2D eigenvalue weighted by atomic mass is 9.97. The predicted octanol–water partition coefficient (Wildman–Crippen LogP) is 1.90. The Morgan fingerprint density at radius 2 is 2.04 bits per heavy atom. The van der Waals surface area contributed by atoms with E-state index in [2.05, 4.69) is 10.2 Å². The Balaban J connectivity index is 1.43. The Morgan fingerprint density at radius 3 is 2.80 bits per heavy atom. The summed E-state index contributed by atoms with van der Waals surface area (Å²) >= 11 is 0. The van der Waals surface area contributed by atoms with Crippen LogP contribution in [0.25, 0.3) is 11.0 Å². The molecular formula is C19H24N2O4. The summed E-state index contributed by atoms with van der Waals surface area (Å²) in [5.74, 6) is 0.659. The molecule has 2 atom stereocenters. The van der Waals surface area contributed by atoms with E-state index in [1.807, 2.05) is 24.3 Å². The number of fused-ring (bicyclic) bond motifs is 1. The monoisotopic (exact) mass is 344 g/mol. The highest BCUT2D eigenvalue weighted by Crippen LogP contribution is 2.22. The van der Waals surface area contributed by atoms with Crippen LogP contribution in [0, 0.1) is 5.92 Å². The minimum Gasteiger partial charge on any atom is -0.451 e. The number of para-hydroxylation sites is 1. The number of ether oxygens (including phenoxy) is 2. The minimum atomic E-state index is -0.159. The van der Waals surface area contributed by atoms with E-state index >= 15 is 0 Å². The van der Waals surface area contributed by atoms with Crippen molar-refractivity contribution in [2.75, 3.05) is 46.1 Å². The molecule has 6 nitrogen and oxygen atoms in total. The summed E-state index contributed by atoms with van der Waals surface area (Å²) in [6.07, 6.45) is 1.04. The molecule has 0 unspecified atom stereocenters. The standard InChI is InChI=1S/C19H24N2O4/c22-19(18-11-14-3-1-2-4-17(14)25-18)20-12-16(15-5-8-24-13-15)21-6-9-23-10-7-21/h1-4,11,15-16H,5-10,12-13H2,(H,20,22)/t15-,16+/m1/s1. The fourth-order valence-corrected chi connectivity index (χ4v) is 3.74. The van der Waals surface area contributed by atoms with E-state index in [-0.39, 0.29) is 11.9 Å². The van der Waals surface area contributed by atoms with Crippen LogP contribution in [-0.4, -0.2) is 62.9 Å². The number of benzene rings is 1. The number of rotatable bonds is 5. The van der Waals surface area contributed by atoms with Gasteiger partial charge in [-0.1, -0.05) is 18.2 Å². The zero-order chi connectivity index (χ0) is 17.1. The number of morpholine rings is 1. The summed E-state index contributed by atoms with van der Waals surface area (Å²) in [4.78, 5) is 15.0. The highest BCUT2D eigenvalue weighted by atomic mass is 16.5. The van der Waals surface area contributed by atoms with Gasteiger partial charge in [0.05, 0.1) is 19.8 Å². The molecule has 0 bridgehead atoms. The zero-order valence-electron chi connectivity index (χ0n) is 14.3. The van der Waals surface area contributed by atoms with Crippen molar-refractivity contribution < 1.29 is 18.7 Å². The highest BCUT2D eigenvalue weighted by Gasteiger charge is 2.32. The maximum atomic E-state index is 12.5. The Kier molecular flexibility index (Phi) is 5.01. The second kappa shape index (κ2) is 7.56. The molecule has 1 amide bonds. The van der Waals surface area contributed by atoms with E-state index in [0.717, 1.165) is 56.9 Å². The highest BCUT2D eigenvalue weighted by molar-refractivity contribution is 5.96. The van der Waals surface area contributed by atoms with Crippen molar-refractivity contribution in [1.82, 2.24) is 10.2 Å². The summed E-state index contributed by atoms with van der Waals surface area (Å²) in [5.41, 5.74) is 0.738. The smallest absolute Gasteiger partial charge is 0.287 e. The lowest BCUT2D eigenvalue weighted by Crippen LogP contribution is -2.52. The molecule has 2 aromatic rings. The SMILES string of the molecule is O=C(NC[C@@H]([C@@H]1CCOC1)N1CCOCC1)c1cc2ccccc2o1. The Bertz CT molecular complexity index is 684. The molecule has 134 valence electrons. The van der Waals surface area contributed by atoms with Crippen LogP contribution in [-0.2, 0) is 9.47 Å². The van der Waals surface area contributed by atoms with Crippen LogP contribution in [0.4, 0.5) is 0 Å². The van der Waals surface area contributed by atoms with Crippen LogP contribution in [0.15, 0.2) is 34.7 Å². The maximum Gasteiger partial charge on any atom is 0.287 e. The number of nitrogens with one attached hydrogen (secondary N) is 1. The molecule has 2 aliphatic rings. The van der Waals surface area contributed by atoms with Crippen molar-refractivity contribution >= 4 is 16.9 Å². The average molecular weight is 344 g/mol.